The first kappa shape index (κ1) is 13.0. The fourth-order valence-electron chi connectivity index (χ4n) is 1.84. The Morgan fingerprint density at radius 3 is 2.11 bits per heavy atom. The van der Waals surface area contributed by atoms with Gasteiger partial charge in [-0.1, -0.05) is 35.9 Å². The lowest BCUT2D eigenvalue weighted by molar-refractivity contribution is 0.551. The van der Waals surface area contributed by atoms with Crippen LogP contribution in [-0.4, -0.2) is 0 Å². The molecule has 0 fully saturated rings. The first-order valence-electron chi connectivity index (χ1n) is 5.71. The van der Waals surface area contributed by atoms with Gasteiger partial charge in [0.15, 0.2) is 0 Å². The quantitative estimate of drug-likeness (QED) is 0.701. The second-order valence-corrected chi connectivity index (χ2v) is 4.82. The van der Waals surface area contributed by atoms with Crippen molar-refractivity contribution < 1.29 is 8.78 Å². The number of hydrogen-bond acceptors (Lipinski definition) is 0. The fraction of sp³-hybridized carbons (Fsp3) is 0.200. The summed E-state index contributed by atoms with van der Waals surface area (Å²) < 4.78 is 27.1. The van der Waals surface area contributed by atoms with E-state index >= 15 is 0 Å². The van der Waals surface area contributed by atoms with Gasteiger partial charge in [0, 0.05) is 5.56 Å². The zero-order valence-electron chi connectivity index (χ0n) is 9.96. The van der Waals surface area contributed by atoms with Gasteiger partial charge < -0.3 is 0 Å². The molecule has 0 saturated heterocycles. The highest BCUT2D eigenvalue weighted by Crippen LogP contribution is 2.29. The lowest BCUT2D eigenvalue weighted by Gasteiger charge is -2.12. The number of benzene rings is 2. The van der Waals surface area contributed by atoms with Gasteiger partial charge in [-0.05, 0) is 31.0 Å². The molecule has 0 spiro atoms. The molecular weight excluding hydrogens is 254 g/mol. The van der Waals surface area contributed by atoms with E-state index in [-0.39, 0.29) is 5.56 Å². The van der Waals surface area contributed by atoms with Crippen LogP contribution in [0.5, 0.6) is 0 Å². The second-order valence-electron chi connectivity index (χ2n) is 4.29. The Kier molecular flexibility index (Phi) is 3.97. The van der Waals surface area contributed by atoms with E-state index in [0.29, 0.717) is 6.42 Å². The summed E-state index contributed by atoms with van der Waals surface area (Å²) in [6.45, 7) is 1.98. The molecule has 0 aromatic heterocycles. The molecule has 1 unspecified atom stereocenters. The summed E-state index contributed by atoms with van der Waals surface area (Å²) in [5.41, 5.74) is 2.05. The van der Waals surface area contributed by atoms with E-state index in [1.54, 1.807) is 0 Å². The van der Waals surface area contributed by atoms with E-state index in [1.807, 2.05) is 31.2 Å². The number of alkyl halides is 1. The van der Waals surface area contributed by atoms with Crippen molar-refractivity contribution in [2.45, 2.75) is 18.7 Å². The third kappa shape index (κ3) is 2.88. The van der Waals surface area contributed by atoms with Crippen LogP contribution >= 0.6 is 11.6 Å². The van der Waals surface area contributed by atoms with E-state index in [1.165, 1.54) is 18.2 Å². The van der Waals surface area contributed by atoms with Crippen LogP contribution in [0.15, 0.2) is 42.5 Å². The SMILES string of the molecule is Cc1ccc(CC(Cl)c2c(F)cccc2F)cc1. The van der Waals surface area contributed by atoms with Gasteiger partial charge in [-0.2, -0.15) is 0 Å². The number of halogens is 3. The Balaban J connectivity index is 2.22. The number of rotatable bonds is 3. The molecule has 18 heavy (non-hydrogen) atoms. The maximum atomic E-state index is 13.5. The average Bonchev–Trinajstić information content (AvgIpc) is 2.32. The molecule has 0 saturated carbocycles. The molecule has 2 rings (SSSR count). The Labute approximate surface area is 110 Å². The average molecular weight is 267 g/mol. The Morgan fingerprint density at radius 2 is 1.56 bits per heavy atom. The highest BCUT2D eigenvalue weighted by molar-refractivity contribution is 6.21. The van der Waals surface area contributed by atoms with Crippen LogP contribution < -0.4 is 0 Å². The Bertz CT molecular complexity index is 514. The van der Waals surface area contributed by atoms with Crippen molar-refractivity contribution in [3.8, 4) is 0 Å². The summed E-state index contributed by atoms with van der Waals surface area (Å²) in [6, 6.07) is 11.5. The molecule has 0 aliphatic rings. The van der Waals surface area contributed by atoms with E-state index in [2.05, 4.69) is 0 Å². The zero-order valence-corrected chi connectivity index (χ0v) is 10.7. The summed E-state index contributed by atoms with van der Waals surface area (Å²) >= 11 is 6.11. The van der Waals surface area contributed by atoms with Crippen LogP contribution in [0.25, 0.3) is 0 Å². The molecular formula is C15H13ClF2. The van der Waals surface area contributed by atoms with Crippen molar-refractivity contribution in [3.05, 3.63) is 70.8 Å². The van der Waals surface area contributed by atoms with Crippen LogP contribution in [0, 0.1) is 18.6 Å². The van der Waals surface area contributed by atoms with E-state index in [0.717, 1.165) is 11.1 Å². The smallest absolute Gasteiger partial charge is 0.130 e. The Morgan fingerprint density at radius 1 is 1.00 bits per heavy atom. The van der Waals surface area contributed by atoms with Crippen LogP contribution in [0.3, 0.4) is 0 Å². The molecule has 94 valence electrons. The Hall–Kier alpha value is -1.41. The van der Waals surface area contributed by atoms with E-state index < -0.39 is 17.0 Å². The first-order chi connectivity index (χ1) is 8.58. The third-order valence-corrected chi connectivity index (χ3v) is 3.22. The van der Waals surface area contributed by atoms with Gasteiger partial charge in [0.05, 0.1) is 5.38 Å². The number of hydrogen-bond donors (Lipinski definition) is 0. The standard InChI is InChI=1S/C15H13ClF2/c1-10-5-7-11(8-6-10)9-12(16)15-13(17)3-2-4-14(15)18/h2-8,12H,9H2,1H3. The van der Waals surface area contributed by atoms with Gasteiger partial charge in [0.2, 0.25) is 0 Å². The van der Waals surface area contributed by atoms with Crippen LogP contribution in [-0.2, 0) is 6.42 Å². The molecule has 0 N–H and O–H groups in total. The zero-order chi connectivity index (χ0) is 13.1. The molecule has 0 nitrogen and oxygen atoms in total. The van der Waals surface area contributed by atoms with Crippen molar-refractivity contribution in [2.24, 2.45) is 0 Å². The molecule has 0 amide bonds. The van der Waals surface area contributed by atoms with Gasteiger partial charge in [0.1, 0.15) is 11.6 Å². The van der Waals surface area contributed by atoms with E-state index in [9.17, 15) is 8.78 Å². The lowest BCUT2D eigenvalue weighted by Crippen LogP contribution is -2.02. The van der Waals surface area contributed by atoms with Gasteiger partial charge in [0.25, 0.3) is 0 Å². The summed E-state index contributed by atoms with van der Waals surface area (Å²) in [7, 11) is 0. The van der Waals surface area contributed by atoms with Crippen molar-refractivity contribution in [3.63, 3.8) is 0 Å². The minimum atomic E-state index is -0.700. The number of aryl methyl sites for hydroxylation is 1. The topological polar surface area (TPSA) is 0 Å². The predicted octanol–water partition coefficient (Wildman–Crippen LogP) is 4.80. The van der Waals surface area contributed by atoms with Gasteiger partial charge >= 0.3 is 0 Å². The third-order valence-electron chi connectivity index (χ3n) is 2.85. The van der Waals surface area contributed by atoms with Gasteiger partial charge in [-0.3, -0.25) is 0 Å². The van der Waals surface area contributed by atoms with Gasteiger partial charge in [-0.15, -0.1) is 11.6 Å². The summed E-state index contributed by atoms with van der Waals surface area (Å²) in [5.74, 6) is -1.19. The largest absolute Gasteiger partial charge is 0.207 e. The maximum Gasteiger partial charge on any atom is 0.130 e. The fourth-order valence-corrected chi connectivity index (χ4v) is 2.23. The van der Waals surface area contributed by atoms with Crippen LogP contribution in [0.2, 0.25) is 0 Å². The predicted molar refractivity (Wildman–Crippen MR) is 69.8 cm³/mol. The first-order valence-corrected chi connectivity index (χ1v) is 6.15. The summed E-state index contributed by atoms with van der Waals surface area (Å²) in [5, 5.41) is -0.700. The maximum absolute atomic E-state index is 13.5. The minimum Gasteiger partial charge on any atom is -0.207 e. The monoisotopic (exact) mass is 266 g/mol. The molecule has 0 radical (unpaired) electrons. The molecule has 2 aromatic carbocycles. The van der Waals surface area contributed by atoms with Gasteiger partial charge in [-0.25, -0.2) is 8.78 Å². The molecule has 0 aliphatic carbocycles. The molecule has 0 heterocycles. The molecule has 1 atom stereocenters. The lowest BCUT2D eigenvalue weighted by atomic mass is 10.0. The summed E-state index contributed by atoms with van der Waals surface area (Å²) in [6.07, 6.45) is 0.402. The van der Waals surface area contributed by atoms with Crippen molar-refractivity contribution in [1.82, 2.24) is 0 Å². The molecule has 0 bridgehead atoms. The van der Waals surface area contributed by atoms with Crippen LogP contribution in [0.4, 0.5) is 8.78 Å². The normalized spacial score (nSPS) is 12.4. The molecule has 3 heteroatoms. The molecule has 0 aliphatic heterocycles. The van der Waals surface area contributed by atoms with Crippen LogP contribution in [0.1, 0.15) is 22.1 Å². The van der Waals surface area contributed by atoms with E-state index in [4.69, 9.17) is 11.6 Å². The van der Waals surface area contributed by atoms with Crippen molar-refractivity contribution >= 4 is 11.6 Å². The van der Waals surface area contributed by atoms with Crippen molar-refractivity contribution in [1.29, 1.82) is 0 Å². The second kappa shape index (κ2) is 5.49. The summed E-state index contributed by atoms with van der Waals surface area (Å²) in [4.78, 5) is 0. The van der Waals surface area contributed by atoms with Crippen molar-refractivity contribution in [2.75, 3.05) is 0 Å². The highest BCUT2D eigenvalue weighted by Gasteiger charge is 2.18. The minimum absolute atomic E-state index is 0.0558. The highest BCUT2D eigenvalue weighted by atomic mass is 35.5. The molecule has 2 aromatic rings.